The molecule has 18 heavy (non-hydrogen) atoms. The Labute approximate surface area is 109 Å². The minimum absolute atomic E-state index is 0.100. The molecule has 0 radical (unpaired) electrons. The second-order valence-electron chi connectivity index (χ2n) is 4.98. The van der Waals surface area contributed by atoms with E-state index in [1.807, 2.05) is 12.4 Å². The Morgan fingerprint density at radius 2 is 2.22 bits per heavy atom. The molecular weight excluding hydrogens is 226 g/mol. The predicted octanol–water partition coefficient (Wildman–Crippen LogP) is 1.58. The van der Waals surface area contributed by atoms with Gasteiger partial charge in [-0.05, 0) is 31.0 Å². The second-order valence-corrected chi connectivity index (χ2v) is 4.98. The third-order valence-corrected chi connectivity index (χ3v) is 3.56. The molecule has 1 aromatic heterocycles. The van der Waals surface area contributed by atoms with Gasteiger partial charge in [-0.2, -0.15) is 0 Å². The van der Waals surface area contributed by atoms with Gasteiger partial charge in [0, 0.05) is 37.6 Å². The molecule has 1 fully saturated rings. The number of rotatable bonds is 4. The highest BCUT2D eigenvalue weighted by Gasteiger charge is 2.28. The molecule has 0 amide bonds. The molecule has 1 aliphatic rings. The molecule has 1 aliphatic heterocycles. The molecule has 4 nitrogen and oxygen atoms in total. The highest BCUT2D eigenvalue weighted by Crippen LogP contribution is 2.25. The molecule has 0 aliphatic carbocycles. The Balaban J connectivity index is 2.15. The van der Waals surface area contributed by atoms with Crippen molar-refractivity contribution >= 4 is 0 Å². The second kappa shape index (κ2) is 6.27. The number of nitrogens with zero attached hydrogens (tertiary/aromatic N) is 2. The first-order valence-electron chi connectivity index (χ1n) is 6.73. The number of morpholine rings is 1. The van der Waals surface area contributed by atoms with Crippen LogP contribution in [0.2, 0.25) is 0 Å². The Hall–Kier alpha value is -0.970. The highest BCUT2D eigenvalue weighted by atomic mass is 16.5. The van der Waals surface area contributed by atoms with Gasteiger partial charge in [-0.15, -0.1) is 0 Å². The first kappa shape index (κ1) is 13.5. The summed E-state index contributed by atoms with van der Waals surface area (Å²) < 4.78 is 5.73. The molecule has 1 aromatic rings. The van der Waals surface area contributed by atoms with E-state index in [2.05, 4.69) is 35.9 Å². The first-order valence-corrected chi connectivity index (χ1v) is 6.73. The van der Waals surface area contributed by atoms with Crippen molar-refractivity contribution in [1.29, 1.82) is 0 Å². The van der Waals surface area contributed by atoms with Gasteiger partial charge in [0.2, 0.25) is 0 Å². The van der Waals surface area contributed by atoms with Crippen LogP contribution in [0.1, 0.15) is 31.9 Å². The standard InChI is InChI=1S/C14H23N3O/c1-3-13-10-17(8-9-18-13)14(11(2)15)12-4-6-16-7-5-12/h4-7,11,13-14H,3,8-10,15H2,1-2H3. The van der Waals surface area contributed by atoms with Crippen molar-refractivity contribution in [2.45, 2.75) is 38.5 Å². The zero-order valence-corrected chi connectivity index (χ0v) is 11.2. The van der Waals surface area contributed by atoms with Crippen molar-refractivity contribution in [2.75, 3.05) is 19.7 Å². The van der Waals surface area contributed by atoms with Crippen LogP contribution in [-0.2, 0) is 4.74 Å². The van der Waals surface area contributed by atoms with Crippen LogP contribution in [-0.4, -0.2) is 41.7 Å². The average Bonchev–Trinajstić information content (AvgIpc) is 2.40. The summed E-state index contributed by atoms with van der Waals surface area (Å²) in [5.41, 5.74) is 7.43. The SMILES string of the molecule is CCC1CN(C(c2ccncc2)C(C)N)CCO1. The zero-order valence-electron chi connectivity index (χ0n) is 11.2. The Morgan fingerprint density at radius 3 is 2.83 bits per heavy atom. The first-order chi connectivity index (χ1) is 8.72. The van der Waals surface area contributed by atoms with E-state index in [1.54, 1.807) is 0 Å². The fourth-order valence-corrected chi connectivity index (χ4v) is 2.65. The summed E-state index contributed by atoms with van der Waals surface area (Å²) in [5.74, 6) is 0. The van der Waals surface area contributed by atoms with Crippen LogP contribution >= 0.6 is 0 Å². The van der Waals surface area contributed by atoms with Crippen molar-refractivity contribution < 1.29 is 4.74 Å². The van der Waals surface area contributed by atoms with Gasteiger partial charge < -0.3 is 10.5 Å². The minimum Gasteiger partial charge on any atom is -0.376 e. The van der Waals surface area contributed by atoms with Gasteiger partial charge >= 0.3 is 0 Å². The van der Waals surface area contributed by atoms with Crippen LogP contribution in [0.25, 0.3) is 0 Å². The Bertz CT molecular complexity index is 355. The van der Waals surface area contributed by atoms with E-state index in [0.717, 1.165) is 26.1 Å². The van der Waals surface area contributed by atoms with Gasteiger partial charge in [-0.1, -0.05) is 6.92 Å². The molecule has 3 atom stereocenters. The van der Waals surface area contributed by atoms with E-state index in [-0.39, 0.29) is 12.1 Å². The Kier molecular flexibility index (Phi) is 4.69. The number of ether oxygens (including phenoxy) is 1. The summed E-state index contributed by atoms with van der Waals surface area (Å²) in [6, 6.07) is 4.48. The van der Waals surface area contributed by atoms with Crippen molar-refractivity contribution in [1.82, 2.24) is 9.88 Å². The van der Waals surface area contributed by atoms with Crippen molar-refractivity contribution in [2.24, 2.45) is 5.73 Å². The maximum atomic E-state index is 6.18. The van der Waals surface area contributed by atoms with E-state index in [9.17, 15) is 0 Å². The van der Waals surface area contributed by atoms with E-state index in [0.29, 0.717) is 6.10 Å². The minimum atomic E-state index is 0.100. The molecule has 3 unspecified atom stereocenters. The molecular formula is C14H23N3O. The van der Waals surface area contributed by atoms with Gasteiger partial charge in [0.15, 0.2) is 0 Å². The summed E-state index contributed by atoms with van der Waals surface area (Å²) in [6.45, 7) is 6.95. The van der Waals surface area contributed by atoms with Gasteiger partial charge in [-0.25, -0.2) is 0 Å². The van der Waals surface area contributed by atoms with E-state index in [1.165, 1.54) is 5.56 Å². The highest BCUT2D eigenvalue weighted by molar-refractivity contribution is 5.17. The molecule has 2 rings (SSSR count). The van der Waals surface area contributed by atoms with E-state index in [4.69, 9.17) is 10.5 Å². The third kappa shape index (κ3) is 3.07. The lowest BCUT2D eigenvalue weighted by molar-refractivity contribution is -0.0477. The van der Waals surface area contributed by atoms with Crippen LogP contribution < -0.4 is 5.73 Å². The van der Waals surface area contributed by atoms with Crippen molar-refractivity contribution in [3.63, 3.8) is 0 Å². The zero-order chi connectivity index (χ0) is 13.0. The lowest BCUT2D eigenvalue weighted by Gasteiger charge is -2.40. The summed E-state index contributed by atoms with van der Waals surface area (Å²) >= 11 is 0. The third-order valence-electron chi connectivity index (χ3n) is 3.56. The predicted molar refractivity (Wildman–Crippen MR) is 72.2 cm³/mol. The number of aromatic nitrogens is 1. The van der Waals surface area contributed by atoms with Gasteiger partial charge in [0.25, 0.3) is 0 Å². The van der Waals surface area contributed by atoms with Gasteiger partial charge in [-0.3, -0.25) is 9.88 Å². The van der Waals surface area contributed by atoms with Crippen molar-refractivity contribution in [3.05, 3.63) is 30.1 Å². The van der Waals surface area contributed by atoms with E-state index >= 15 is 0 Å². The summed E-state index contributed by atoms with van der Waals surface area (Å²) in [6.07, 6.45) is 5.06. The molecule has 0 saturated carbocycles. The maximum Gasteiger partial charge on any atom is 0.0700 e. The molecule has 0 aromatic carbocycles. The normalized spacial score (nSPS) is 24.7. The smallest absolute Gasteiger partial charge is 0.0700 e. The lowest BCUT2D eigenvalue weighted by atomic mass is 9.99. The van der Waals surface area contributed by atoms with Gasteiger partial charge in [0.1, 0.15) is 0 Å². The molecule has 1 saturated heterocycles. The monoisotopic (exact) mass is 249 g/mol. The summed E-state index contributed by atoms with van der Waals surface area (Å²) in [5, 5.41) is 0. The molecule has 100 valence electrons. The van der Waals surface area contributed by atoms with Crippen molar-refractivity contribution in [3.8, 4) is 0 Å². The lowest BCUT2D eigenvalue weighted by Crippen LogP contribution is -2.48. The van der Waals surface area contributed by atoms with Crippen LogP contribution in [0.3, 0.4) is 0 Å². The topological polar surface area (TPSA) is 51.4 Å². The summed E-state index contributed by atoms with van der Waals surface area (Å²) in [4.78, 5) is 6.52. The number of nitrogens with two attached hydrogens (primary N) is 1. The summed E-state index contributed by atoms with van der Waals surface area (Å²) in [7, 11) is 0. The van der Waals surface area contributed by atoms with Crippen LogP contribution in [0.5, 0.6) is 0 Å². The average molecular weight is 249 g/mol. The number of hydrogen-bond donors (Lipinski definition) is 1. The number of pyridine rings is 1. The largest absolute Gasteiger partial charge is 0.376 e. The number of hydrogen-bond acceptors (Lipinski definition) is 4. The molecule has 0 bridgehead atoms. The quantitative estimate of drug-likeness (QED) is 0.880. The van der Waals surface area contributed by atoms with Crippen LogP contribution in [0, 0.1) is 0 Å². The fraction of sp³-hybridized carbons (Fsp3) is 0.643. The maximum absolute atomic E-state index is 6.18. The molecule has 4 heteroatoms. The molecule has 2 N–H and O–H groups in total. The Morgan fingerprint density at radius 1 is 1.50 bits per heavy atom. The van der Waals surface area contributed by atoms with Gasteiger partial charge in [0.05, 0.1) is 12.7 Å². The molecule has 0 spiro atoms. The van der Waals surface area contributed by atoms with Crippen LogP contribution in [0.15, 0.2) is 24.5 Å². The van der Waals surface area contributed by atoms with Crippen LogP contribution in [0.4, 0.5) is 0 Å². The van der Waals surface area contributed by atoms with E-state index < -0.39 is 0 Å². The molecule has 2 heterocycles. The fourth-order valence-electron chi connectivity index (χ4n) is 2.65.